The van der Waals surface area contributed by atoms with Gasteiger partial charge in [-0.3, -0.25) is 4.79 Å². The molecule has 0 N–H and O–H groups in total. The minimum atomic E-state index is -1.53. The van der Waals surface area contributed by atoms with Crippen LogP contribution in [0.1, 0.15) is 48.9 Å². The summed E-state index contributed by atoms with van der Waals surface area (Å²) in [5.41, 5.74) is -0.0994. The molecule has 114 valence electrons. The molecule has 2 nitrogen and oxygen atoms in total. The minimum Gasteiger partial charge on any atom is -0.335 e. The number of fused-ring (bicyclic) bond motifs is 1. The van der Waals surface area contributed by atoms with Gasteiger partial charge in [-0.25, -0.2) is 13.2 Å². The predicted octanol–water partition coefficient (Wildman–Crippen LogP) is 3.90. The zero-order valence-electron chi connectivity index (χ0n) is 11.7. The molecule has 2 aliphatic rings. The van der Waals surface area contributed by atoms with Gasteiger partial charge in [-0.05, 0) is 43.7 Å². The largest absolute Gasteiger partial charge is 0.335 e. The quantitative estimate of drug-likeness (QED) is 0.720. The van der Waals surface area contributed by atoms with Crippen LogP contribution in [0.5, 0.6) is 0 Å². The first kappa shape index (κ1) is 14.4. The fraction of sp³-hybridized carbons (Fsp3) is 0.562. The molecule has 1 aromatic carbocycles. The van der Waals surface area contributed by atoms with Crippen molar-refractivity contribution >= 4 is 5.91 Å². The van der Waals surface area contributed by atoms with Crippen LogP contribution in [0.25, 0.3) is 0 Å². The second-order valence-electron chi connectivity index (χ2n) is 6.01. The molecule has 21 heavy (non-hydrogen) atoms. The number of amides is 1. The maximum absolute atomic E-state index is 13.3. The third-order valence-corrected chi connectivity index (χ3v) is 4.73. The fourth-order valence-electron chi connectivity index (χ4n) is 3.72. The number of nitrogens with zero attached hydrogens (tertiary/aromatic N) is 1. The van der Waals surface area contributed by atoms with Crippen LogP contribution in [-0.2, 0) is 0 Å². The van der Waals surface area contributed by atoms with Crippen molar-refractivity contribution in [1.82, 2.24) is 4.90 Å². The van der Waals surface area contributed by atoms with E-state index in [4.69, 9.17) is 0 Å². The molecule has 0 radical (unpaired) electrons. The van der Waals surface area contributed by atoms with Crippen molar-refractivity contribution in [3.63, 3.8) is 0 Å². The van der Waals surface area contributed by atoms with E-state index in [0.717, 1.165) is 44.2 Å². The monoisotopic (exact) mass is 297 g/mol. The molecule has 0 spiro atoms. The molecule has 2 unspecified atom stereocenters. The van der Waals surface area contributed by atoms with E-state index >= 15 is 0 Å². The maximum Gasteiger partial charge on any atom is 0.254 e. The van der Waals surface area contributed by atoms with Gasteiger partial charge in [0.05, 0.1) is 0 Å². The van der Waals surface area contributed by atoms with E-state index in [1.165, 1.54) is 6.42 Å². The van der Waals surface area contributed by atoms with Crippen molar-refractivity contribution in [2.75, 3.05) is 6.54 Å². The molecule has 1 aliphatic heterocycles. The Labute approximate surface area is 121 Å². The third-order valence-electron chi connectivity index (χ3n) is 4.73. The van der Waals surface area contributed by atoms with Gasteiger partial charge in [0.1, 0.15) is 0 Å². The van der Waals surface area contributed by atoms with Crippen LogP contribution < -0.4 is 0 Å². The van der Waals surface area contributed by atoms with E-state index in [1.807, 2.05) is 0 Å². The summed E-state index contributed by atoms with van der Waals surface area (Å²) in [7, 11) is 0. The second-order valence-corrected chi connectivity index (χ2v) is 6.01. The van der Waals surface area contributed by atoms with Crippen LogP contribution in [0.4, 0.5) is 13.2 Å². The third kappa shape index (κ3) is 2.65. The van der Waals surface area contributed by atoms with Crippen LogP contribution in [0.15, 0.2) is 12.1 Å². The van der Waals surface area contributed by atoms with Crippen LogP contribution in [-0.4, -0.2) is 23.4 Å². The van der Waals surface area contributed by atoms with Gasteiger partial charge >= 0.3 is 0 Å². The number of piperidine rings is 1. The van der Waals surface area contributed by atoms with Gasteiger partial charge in [0, 0.05) is 18.2 Å². The van der Waals surface area contributed by atoms with Gasteiger partial charge in [0.25, 0.3) is 5.91 Å². The lowest BCUT2D eigenvalue weighted by molar-refractivity contribution is 0.0389. The molecular weight excluding hydrogens is 279 g/mol. The zero-order chi connectivity index (χ0) is 15.0. The highest BCUT2D eigenvalue weighted by Gasteiger charge is 2.36. The van der Waals surface area contributed by atoms with Crippen molar-refractivity contribution in [3.8, 4) is 0 Å². The van der Waals surface area contributed by atoms with Crippen LogP contribution in [0.2, 0.25) is 0 Å². The molecule has 2 fully saturated rings. The summed E-state index contributed by atoms with van der Waals surface area (Å²) < 4.78 is 39.6. The van der Waals surface area contributed by atoms with Crippen molar-refractivity contribution in [3.05, 3.63) is 35.1 Å². The number of halogens is 3. The number of hydrogen-bond acceptors (Lipinski definition) is 1. The first-order chi connectivity index (χ1) is 10.1. The highest BCUT2D eigenvalue weighted by Crippen LogP contribution is 2.36. The lowest BCUT2D eigenvalue weighted by Crippen LogP contribution is -2.49. The molecule has 1 heterocycles. The number of carbonyl (C=O) groups is 1. The topological polar surface area (TPSA) is 20.3 Å². The summed E-state index contributed by atoms with van der Waals surface area (Å²) >= 11 is 0. The molecule has 1 amide bonds. The average Bonchev–Trinajstić information content (AvgIpc) is 2.51. The molecule has 5 heteroatoms. The Balaban J connectivity index is 1.87. The van der Waals surface area contributed by atoms with Crippen LogP contribution in [0, 0.1) is 23.4 Å². The fourth-order valence-corrected chi connectivity index (χ4v) is 3.72. The normalized spacial score (nSPS) is 25.6. The Morgan fingerprint density at radius 1 is 1.00 bits per heavy atom. The van der Waals surface area contributed by atoms with Crippen molar-refractivity contribution in [2.45, 2.75) is 44.6 Å². The number of benzene rings is 1. The summed E-state index contributed by atoms with van der Waals surface area (Å²) in [6.45, 7) is 0.612. The summed E-state index contributed by atoms with van der Waals surface area (Å²) in [6, 6.07) is 1.76. The second kappa shape index (κ2) is 5.70. The number of carbonyl (C=O) groups excluding carboxylic acids is 1. The van der Waals surface area contributed by atoms with Crippen molar-refractivity contribution < 1.29 is 18.0 Å². The summed E-state index contributed by atoms with van der Waals surface area (Å²) in [5.74, 6) is -4.04. The Morgan fingerprint density at radius 2 is 1.62 bits per heavy atom. The van der Waals surface area contributed by atoms with E-state index in [2.05, 4.69) is 0 Å². The van der Waals surface area contributed by atoms with E-state index in [0.29, 0.717) is 12.5 Å². The van der Waals surface area contributed by atoms with E-state index < -0.39 is 17.5 Å². The van der Waals surface area contributed by atoms with E-state index in [1.54, 1.807) is 4.90 Å². The molecular formula is C16H18F3NO. The predicted molar refractivity (Wildman–Crippen MR) is 72.3 cm³/mol. The van der Waals surface area contributed by atoms with Crippen molar-refractivity contribution in [2.24, 2.45) is 5.92 Å². The standard InChI is InChI=1S/C16H18F3NO/c17-12-8-11(9-13(18)15(12)19)16(21)20-7-3-5-10-4-1-2-6-14(10)20/h8-10,14H,1-7H2. The summed E-state index contributed by atoms with van der Waals surface area (Å²) in [5, 5.41) is 0. The van der Waals surface area contributed by atoms with Gasteiger partial charge in [0.2, 0.25) is 0 Å². The summed E-state index contributed by atoms with van der Waals surface area (Å²) in [6.07, 6.45) is 6.35. The first-order valence-corrected chi connectivity index (χ1v) is 7.53. The van der Waals surface area contributed by atoms with Crippen LogP contribution in [0.3, 0.4) is 0 Å². The van der Waals surface area contributed by atoms with Crippen LogP contribution >= 0.6 is 0 Å². The van der Waals surface area contributed by atoms with Gasteiger partial charge in [-0.1, -0.05) is 12.8 Å². The molecule has 2 atom stereocenters. The Morgan fingerprint density at radius 3 is 2.33 bits per heavy atom. The molecule has 1 aliphatic carbocycles. The number of rotatable bonds is 1. The summed E-state index contributed by atoms with van der Waals surface area (Å²) in [4.78, 5) is 14.3. The molecule has 0 bridgehead atoms. The highest BCUT2D eigenvalue weighted by atomic mass is 19.2. The number of hydrogen-bond donors (Lipinski definition) is 0. The molecule has 0 aromatic heterocycles. The SMILES string of the molecule is O=C(c1cc(F)c(F)c(F)c1)N1CCCC2CCCCC21. The molecule has 1 aromatic rings. The average molecular weight is 297 g/mol. The minimum absolute atomic E-state index is 0.0994. The lowest BCUT2D eigenvalue weighted by atomic mass is 9.78. The van der Waals surface area contributed by atoms with Gasteiger partial charge < -0.3 is 4.90 Å². The van der Waals surface area contributed by atoms with Gasteiger partial charge in [-0.2, -0.15) is 0 Å². The van der Waals surface area contributed by atoms with E-state index in [9.17, 15) is 18.0 Å². The van der Waals surface area contributed by atoms with Crippen molar-refractivity contribution in [1.29, 1.82) is 0 Å². The maximum atomic E-state index is 13.3. The molecule has 3 rings (SSSR count). The first-order valence-electron chi connectivity index (χ1n) is 7.53. The smallest absolute Gasteiger partial charge is 0.254 e. The molecule has 1 saturated carbocycles. The Kier molecular flexibility index (Phi) is 3.91. The number of likely N-dealkylation sites (tertiary alicyclic amines) is 1. The Hall–Kier alpha value is -1.52. The zero-order valence-corrected chi connectivity index (χ0v) is 11.7. The Bertz CT molecular complexity index is 535. The molecule has 1 saturated heterocycles. The lowest BCUT2D eigenvalue weighted by Gasteiger charge is -2.44. The van der Waals surface area contributed by atoms with Gasteiger partial charge in [0.15, 0.2) is 17.5 Å². The highest BCUT2D eigenvalue weighted by molar-refractivity contribution is 5.94. The van der Waals surface area contributed by atoms with E-state index in [-0.39, 0.29) is 17.5 Å². The van der Waals surface area contributed by atoms with Gasteiger partial charge in [-0.15, -0.1) is 0 Å².